The second kappa shape index (κ2) is 6.87. The van der Waals surface area contributed by atoms with Crippen molar-refractivity contribution in [3.05, 3.63) is 72.4 Å². The van der Waals surface area contributed by atoms with E-state index in [2.05, 4.69) is 92.1 Å². The van der Waals surface area contributed by atoms with Gasteiger partial charge in [0.1, 0.15) is 0 Å². The highest BCUT2D eigenvalue weighted by atomic mass is 15.0. The third-order valence-corrected chi connectivity index (χ3v) is 4.30. The van der Waals surface area contributed by atoms with E-state index in [0.29, 0.717) is 5.92 Å². The van der Waals surface area contributed by atoms with Gasteiger partial charge in [-0.1, -0.05) is 81.4 Å². The van der Waals surface area contributed by atoms with E-state index >= 15 is 0 Å². The third-order valence-electron chi connectivity index (χ3n) is 4.30. The van der Waals surface area contributed by atoms with Gasteiger partial charge in [-0.3, -0.25) is 0 Å². The zero-order chi connectivity index (χ0) is 16.2. The average Bonchev–Trinajstić information content (AvgIpc) is 2.96. The molecule has 3 rings (SSSR count). The fraction of sp³-hybridized carbons (Fsp3) is 0.273. The first-order valence-electron chi connectivity index (χ1n) is 8.56. The molecular weight excluding hydrogens is 278 g/mol. The molecule has 0 radical (unpaired) electrons. The summed E-state index contributed by atoms with van der Waals surface area (Å²) in [5, 5.41) is 0. The van der Waals surface area contributed by atoms with Gasteiger partial charge in [0.25, 0.3) is 0 Å². The van der Waals surface area contributed by atoms with Gasteiger partial charge in [0.15, 0.2) is 0 Å². The topological polar surface area (TPSA) is 4.93 Å². The van der Waals surface area contributed by atoms with Gasteiger partial charge in [-0.15, -0.1) is 0 Å². The maximum absolute atomic E-state index is 2.52. The first kappa shape index (κ1) is 15.6. The van der Waals surface area contributed by atoms with Crippen LogP contribution in [0, 0.1) is 0 Å². The lowest BCUT2D eigenvalue weighted by atomic mass is 10.0. The van der Waals surface area contributed by atoms with Crippen molar-refractivity contribution in [3.8, 4) is 22.4 Å². The summed E-state index contributed by atoms with van der Waals surface area (Å²) in [5.41, 5.74) is 6.70. The molecule has 0 unspecified atom stereocenters. The van der Waals surface area contributed by atoms with Gasteiger partial charge in [-0.25, -0.2) is 0 Å². The van der Waals surface area contributed by atoms with Gasteiger partial charge in [-0.05, 0) is 29.5 Å². The van der Waals surface area contributed by atoms with Crippen molar-refractivity contribution < 1.29 is 0 Å². The molecule has 1 aromatic heterocycles. The molecule has 1 heteroatoms. The van der Waals surface area contributed by atoms with Crippen LogP contribution in [0.2, 0.25) is 0 Å². The Kier molecular flexibility index (Phi) is 4.66. The largest absolute Gasteiger partial charge is 0.344 e. The van der Waals surface area contributed by atoms with E-state index in [1.165, 1.54) is 28.1 Å². The molecule has 0 aliphatic carbocycles. The minimum Gasteiger partial charge on any atom is -0.344 e. The lowest BCUT2D eigenvalue weighted by molar-refractivity contribution is 0.630. The highest BCUT2D eigenvalue weighted by Gasteiger charge is 2.18. The standard InChI is InChI=1S/C22H25N/c1-4-15-23-21(17(2)3)16-20(18-11-7-5-8-12-18)22(23)19-13-9-6-10-14-19/h5-14,16-17H,4,15H2,1-3H3. The molecule has 118 valence electrons. The predicted molar refractivity (Wildman–Crippen MR) is 99.7 cm³/mol. The molecule has 0 spiro atoms. The Morgan fingerprint density at radius 3 is 1.91 bits per heavy atom. The lowest BCUT2D eigenvalue weighted by Gasteiger charge is -2.16. The summed E-state index contributed by atoms with van der Waals surface area (Å²) in [6.07, 6.45) is 1.14. The van der Waals surface area contributed by atoms with E-state index in [0.717, 1.165) is 13.0 Å². The molecule has 0 bridgehead atoms. The van der Waals surface area contributed by atoms with Crippen LogP contribution in [0.1, 0.15) is 38.8 Å². The van der Waals surface area contributed by atoms with E-state index < -0.39 is 0 Å². The molecule has 0 aliphatic rings. The van der Waals surface area contributed by atoms with Crippen molar-refractivity contribution in [2.45, 2.75) is 39.7 Å². The first-order valence-corrected chi connectivity index (χ1v) is 8.56. The van der Waals surface area contributed by atoms with Crippen LogP contribution in [0.15, 0.2) is 66.7 Å². The number of nitrogens with zero attached hydrogens (tertiary/aromatic N) is 1. The Bertz CT molecular complexity index is 751. The SMILES string of the molecule is CCCn1c(C(C)C)cc(-c2ccccc2)c1-c1ccccc1. The number of aromatic nitrogens is 1. The van der Waals surface area contributed by atoms with Crippen LogP contribution >= 0.6 is 0 Å². The second-order valence-electron chi connectivity index (χ2n) is 6.37. The highest BCUT2D eigenvalue weighted by molar-refractivity contribution is 5.82. The van der Waals surface area contributed by atoms with E-state index in [1.54, 1.807) is 0 Å². The fourth-order valence-electron chi connectivity index (χ4n) is 3.26. The summed E-state index contributed by atoms with van der Waals surface area (Å²) in [7, 11) is 0. The maximum atomic E-state index is 2.52. The number of benzene rings is 2. The molecule has 23 heavy (non-hydrogen) atoms. The summed E-state index contributed by atoms with van der Waals surface area (Å²) in [6.45, 7) is 7.88. The van der Waals surface area contributed by atoms with Crippen LogP contribution < -0.4 is 0 Å². The van der Waals surface area contributed by atoms with Crippen molar-refractivity contribution in [3.63, 3.8) is 0 Å². The Morgan fingerprint density at radius 2 is 1.39 bits per heavy atom. The molecule has 0 saturated carbocycles. The van der Waals surface area contributed by atoms with Gasteiger partial charge in [0, 0.05) is 17.8 Å². The van der Waals surface area contributed by atoms with Gasteiger partial charge < -0.3 is 4.57 Å². The molecular formula is C22H25N. The number of rotatable bonds is 5. The van der Waals surface area contributed by atoms with Crippen molar-refractivity contribution in [1.29, 1.82) is 0 Å². The van der Waals surface area contributed by atoms with Crippen LogP contribution in [-0.2, 0) is 6.54 Å². The molecule has 0 N–H and O–H groups in total. The first-order chi connectivity index (χ1) is 11.2. The monoisotopic (exact) mass is 303 g/mol. The molecule has 0 atom stereocenters. The van der Waals surface area contributed by atoms with Gasteiger partial charge in [0.2, 0.25) is 0 Å². The molecule has 1 nitrogen and oxygen atoms in total. The van der Waals surface area contributed by atoms with E-state index in [-0.39, 0.29) is 0 Å². The molecule has 0 saturated heterocycles. The molecule has 2 aromatic carbocycles. The summed E-state index contributed by atoms with van der Waals surface area (Å²) < 4.78 is 2.52. The Balaban J connectivity index is 2.28. The minimum atomic E-state index is 0.515. The zero-order valence-electron chi connectivity index (χ0n) is 14.3. The van der Waals surface area contributed by atoms with Crippen LogP contribution in [0.25, 0.3) is 22.4 Å². The van der Waals surface area contributed by atoms with Gasteiger partial charge >= 0.3 is 0 Å². The highest BCUT2D eigenvalue weighted by Crippen LogP contribution is 2.37. The van der Waals surface area contributed by atoms with E-state index in [1.807, 2.05) is 0 Å². The summed E-state index contributed by atoms with van der Waals surface area (Å²) in [4.78, 5) is 0. The molecule has 0 aliphatic heterocycles. The minimum absolute atomic E-state index is 0.515. The Labute approximate surface area is 139 Å². The summed E-state index contributed by atoms with van der Waals surface area (Å²) in [5.74, 6) is 0.515. The molecule has 0 amide bonds. The molecule has 1 heterocycles. The smallest absolute Gasteiger partial charge is 0.0562 e. The van der Waals surface area contributed by atoms with Gasteiger partial charge in [-0.2, -0.15) is 0 Å². The van der Waals surface area contributed by atoms with Crippen LogP contribution in [0.3, 0.4) is 0 Å². The number of hydrogen-bond donors (Lipinski definition) is 0. The zero-order valence-corrected chi connectivity index (χ0v) is 14.3. The maximum Gasteiger partial charge on any atom is 0.0562 e. The predicted octanol–water partition coefficient (Wildman–Crippen LogP) is 6.36. The van der Waals surface area contributed by atoms with E-state index in [4.69, 9.17) is 0 Å². The summed E-state index contributed by atoms with van der Waals surface area (Å²) in [6, 6.07) is 23.9. The van der Waals surface area contributed by atoms with Crippen LogP contribution in [0.5, 0.6) is 0 Å². The molecule has 0 fully saturated rings. The summed E-state index contributed by atoms with van der Waals surface area (Å²) >= 11 is 0. The van der Waals surface area contributed by atoms with Crippen molar-refractivity contribution >= 4 is 0 Å². The van der Waals surface area contributed by atoms with Crippen molar-refractivity contribution in [1.82, 2.24) is 4.57 Å². The fourth-order valence-corrected chi connectivity index (χ4v) is 3.26. The molecule has 3 aromatic rings. The number of hydrogen-bond acceptors (Lipinski definition) is 0. The Morgan fingerprint density at radius 1 is 0.826 bits per heavy atom. The van der Waals surface area contributed by atoms with Crippen molar-refractivity contribution in [2.24, 2.45) is 0 Å². The normalized spacial score (nSPS) is 11.1. The van der Waals surface area contributed by atoms with Crippen molar-refractivity contribution in [2.75, 3.05) is 0 Å². The van der Waals surface area contributed by atoms with Crippen LogP contribution in [0.4, 0.5) is 0 Å². The quantitative estimate of drug-likeness (QED) is 0.517. The van der Waals surface area contributed by atoms with Gasteiger partial charge in [0.05, 0.1) is 5.69 Å². The second-order valence-corrected chi connectivity index (χ2v) is 6.37. The lowest BCUT2D eigenvalue weighted by Crippen LogP contribution is -2.05. The van der Waals surface area contributed by atoms with E-state index in [9.17, 15) is 0 Å². The average molecular weight is 303 g/mol. The van der Waals surface area contributed by atoms with Crippen LogP contribution in [-0.4, -0.2) is 4.57 Å². The Hall–Kier alpha value is -2.28. The third kappa shape index (κ3) is 3.10.